The molecule has 2 aliphatic heterocycles. The van der Waals surface area contributed by atoms with E-state index in [9.17, 15) is 9.59 Å². The highest BCUT2D eigenvalue weighted by atomic mass is 16.5. The van der Waals surface area contributed by atoms with E-state index in [0.717, 1.165) is 24.7 Å². The lowest BCUT2D eigenvalue weighted by atomic mass is 10.0. The van der Waals surface area contributed by atoms with E-state index < -0.39 is 0 Å². The molecule has 8 nitrogen and oxygen atoms in total. The van der Waals surface area contributed by atoms with Crippen molar-refractivity contribution >= 4 is 11.9 Å². The van der Waals surface area contributed by atoms with Crippen LogP contribution in [-0.4, -0.2) is 58.6 Å². The highest BCUT2D eigenvalue weighted by Crippen LogP contribution is 2.34. The Morgan fingerprint density at radius 2 is 1.93 bits per heavy atom. The van der Waals surface area contributed by atoms with Gasteiger partial charge in [0.25, 0.3) is 11.5 Å². The van der Waals surface area contributed by atoms with Crippen LogP contribution >= 0.6 is 0 Å². The third-order valence-electron chi connectivity index (χ3n) is 5.48. The maximum absolute atomic E-state index is 13.0. The summed E-state index contributed by atoms with van der Waals surface area (Å²) in [5.41, 5.74) is 1.18. The van der Waals surface area contributed by atoms with E-state index >= 15 is 0 Å². The lowest BCUT2D eigenvalue weighted by molar-refractivity contribution is 0.0778. The Kier molecular flexibility index (Phi) is 4.33. The van der Waals surface area contributed by atoms with Gasteiger partial charge in [-0.2, -0.15) is 0 Å². The second kappa shape index (κ2) is 6.68. The lowest BCUT2D eigenvalue weighted by Crippen LogP contribution is -2.34. The smallest absolute Gasteiger partial charge is 0.259 e. The van der Waals surface area contributed by atoms with Gasteiger partial charge in [-0.25, -0.2) is 9.97 Å². The fraction of sp³-hybridized carbons (Fsp3) is 0.474. The van der Waals surface area contributed by atoms with Crippen LogP contribution in [0.1, 0.15) is 16.1 Å². The molecule has 0 bridgehead atoms. The molecule has 2 aliphatic rings. The average molecular weight is 369 g/mol. The van der Waals surface area contributed by atoms with E-state index in [0.29, 0.717) is 36.2 Å². The van der Waals surface area contributed by atoms with Crippen LogP contribution in [0.2, 0.25) is 0 Å². The number of nitrogens with zero attached hydrogens (tertiary/aromatic N) is 5. The minimum Gasteiger partial charge on any atom is -0.496 e. The quantitative estimate of drug-likeness (QED) is 0.792. The predicted molar refractivity (Wildman–Crippen MR) is 100 cm³/mol. The molecule has 1 amide bonds. The first-order valence-corrected chi connectivity index (χ1v) is 9.05. The van der Waals surface area contributed by atoms with E-state index in [1.807, 2.05) is 17.9 Å². The average Bonchev–Trinajstić information content (AvgIpc) is 3.22. The molecule has 2 fully saturated rings. The Morgan fingerprint density at radius 1 is 1.22 bits per heavy atom. The molecule has 2 unspecified atom stereocenters. The number of aryl methyl sites for hydroxylation is 2. The molecule has 0 spiro atoms. The van der Waals surface area contributed by atoms with Gasteiger partial charge >= 0.3 is 0 Å². The molecule has 0 radical (unpaired) electrons. The van der Waals surface area contributed by atoms with Crippen molar-refractivity contribution in [2.45, 2.75) is 6.92 Å². The summed E-state index contributed by atoms with van der Waals surface area (Å²) >= 11 is 0. The van der Waals surface area contributed by atoms with Crippen molar-refractivity contribution in [2.24, 2.45) is 18.9 Å². The molecule has 142 valence electrons. The van der Waals surface area contributed by atoms with Crippen LogP contribution in [0.25, 0.3) is 0 Å². The zero-order chi connectivity index (χ0) is 19.1. The summed E-state index contributed by atoms with van der Waals surface area (Å²) in [5.74, 6) is 1.81. The van der Waals surface area contributed by atoms with E-state index in [-0.39, 0.29) is 11.5 Å². The van der Waals surface area contributed by atoms with E-state index in [4.69, 9.17) is 4.74 Å². The SMILES string of the molecule is COc1cc(=O)n(C)cc1C(=O)N1CC2CN(c3nccc(C)n3)CC2C1. The molecule has 2 saturated heterocycles. The van der Waals surface area contributed by atoms with Gasteiger partial charge in [0.15, 0.2) is 0 Å². The van der Waals surface area contributed by atoms with E-state index in [2.05, 4.69) is 14.9 Å². The third kappa shape index (κ3) is 3.15. The van der Waals surface area contributed by atoms with Gasteiger partial charge in [-0.3, -0.25) is 9.59 Å². The molecular weight excluding hydrogens is 346 g/mol. The van der Waals surface area contributed by atoms with Crippen molar-refractivity contribution in [3.8, 4) is 5.75 Å². The Balaban J connectivity index is 1.48. The molecule has 27 heavy (non-hydrogen) atoms. The van der Waals surface area contributed by atoms with Gasteiger partial charge in [0.1, 0.15) is 5.75 Å². The Hall–Kier alpha value is -2.90. The number of aromatic nitrogens is 3. The molecule has 2 aromatic heterocycles. The maximum Gasteiger partial charge on any atom is 0.259 e. The molecule has 0 aliphatic carbocycles. The van der Waals surface area contributed by atoms with Crippen LogP contribution in [0.5, 0.6) is 5.75 Å². The molecule has 0 N–H and O–H groups in total. The van der Waals surface area contributed by atoms with Crippen LogP contribution in [0.15, 0.2) is 29.3 Å². The van der Waals surface area contributed by atoms with Gasteiger partial charge in [-0.15, -0.1) is 0 Å². The topological polar surface area (TPSA) is 80.6 Å². The summed E-state index contributed by atoms with van der Waals surface area (Å²) in [6.45, 7) is 5.04. The number of hydrogen-bond acceptors (Lipinski definition) is 6. The summed E-state index contributed by atoms with van der Waals surface area (Å²) in [4.78, 5) is 37.8. The number of amides is 1. The second-order valence-corrected chi connectivity index (χ2v) is 7.34. The summed E-state index contributed by atoms with van der Waals surface area (Å²) in [6, 6.07) is 3.25. The first-order chi connectivity index (χ1) is 13.0. The third-order valence-corrected chi connectivity index (χ3v) is 5.48. The van der Waals surface area contributed by atoms with Gasteiger partial charge in [-0.1, -0.05) is 0 Å². The number of ether oxygens (including phenoxy) is 1. The first-order valence-electron chi connectivity index (χ1n) is 9.05. The van der Waals surface area contributed by atoms with E-state index in [1.165, 1.54) is 17.7 Å². The Labute approximate surface area is 157 Å². The highest BCUT2D eigenvalue weighted by molar-refractivity contribution is 5.96. The van der Waals surface area contributed by atoms with Crippen LogP contribution in [0.4, 0.5) is 5.95 Å². The molecule has 2 atom stereocenters. The number of methoxy groups -OCH3 is 1. The van der Waals surface area contributed by atoms with Crippen molar-refractivity contribution in [2.75, 3.05) is 38.2 Å². The zero-order valence-electron chi connectivity index (χ0n) is 15.8. The lowest BCUT2D eigenvalue weighted by Gasteiger charge is -2.22. The highest BCUT2D eigenvalue weighted by Gasteiger charge is 2.42. The summed E-state index contributed by atoms with van der Waals surface area (Å²) in [6.07, 6.45) is 3.35. The van der Waals surface area contributed by atoms with Crippen LogP contribution in [0.3, 0.4) is 0 Å². The fourth-order valence-corrected chi connectivity index (χ4v) is 4.02. The monoisotopic (exact) mass is 369 g/mol. The van der Waals surface area contributed by atoms with Crippen molar-refractivity contribution in [1.29, 1.82) is 0 Å². The summed E-state index contributed by atoms with van der Waals surface area (Å²) in [5, 5.41) is 0. The summed E-state index contributed by atoms with van der Waals surface area (Å²) < 4.78 is 6.66. The standard InChI is InChI=1S/C19H23N5O3/c1-12-4-5-20-19(21-12)24-9-13-7-23(8-14(13)10-24)18(26)15-11-22(2)17(25)6-16(15)27-3/h4-6,11,13-14H,7-10H2,1-3H3. The van der Waals surface area contributed by atoms with Gasteiger partial charge in [0, 0.05) is 69.2 Å². The predicted octanol–water partition coefficient (Wildman–Crippen LogP) is 0.701. The molecule has 2 aromatic rings. The fourth-order valence-electron chi connectivity index (χ4n) is 4.02. The number of pyridine rings is 1. The van der Waals surface area contributed by atoms with Crippen molar-refractivity contribution < 1.29 is 9.53 Å². The van der Waals surface area contributed by atoms with Gasteiger partial charge in [0.2, 0.25) is 5.95 Å². The number of rotatable bonds is 3. The number of carbonyl (C=O) groups excluding carboxylic acids is 1. The van der Waals surface area contributed by atoms with Gasteiger partial charge in [0.05, 0.1) is 12.7 Å². The van der Waals surface area contributed by atoms with Crippen molar-refractivity contribution in [3.63, 3.8) is 0 Å². The molecule has 0 saturated carbocycles. The molecule has 8 heteroatoms. The normalized spacial score (nSPS) is 21.4. The van der Waals surface area contributed by atoms with Crippen LogP contribution < -0.4 is 15.2 Å². The second-order valence-electron chi connectivity index (χ2n) is 7.34. The van der Waals surface area contributed by atoms with E-state index in [1.54, 1.807) is 19.4 Å². The zero-order valence-corrected chi connectivity index (χ0v) is 15.8. The first kappa shape index (κ1) is 17.5. The molecule has 4 heterocycles. The number of carbonyl (C=O) groups is 1. The van der Waals surface area contributed by atoms with Crippen LogP contribution in [0, 0.1) is 18.8 Å². The molecule has 0 aromatic carbocycles. The minimum absolute atomic E-state index is 0.0878. The summed E-state index contributed by atoms with van der Waals surface area (Å²) in [7, 11) is 3.11. The molecule has 4 rings (SSSR count). The largest absolute Gasteiger partial charge is 0.496 e. The minimum atomic E-state index is -0.199. The van der Waals surface area contributed by atoms with Crippen molar-refractivity contribution in [1.82, 2.24) is 19.4 Å². The van der Waals surface area contributed by atoms with Gasteiger partial charge < -0.3 is 19.1 Å². The Bertz CT molecular complexity index is 927. The number of anilines is 1. The van der Waals surface area contributed by atoms with Crippen LogP contribution in [-0.2, 0) is 7.05 Å². The van der Waals surface area contributed by atoms with Gasteiger partial charge in [-0.05, 0) is 13.0 Å². The number of hydrogen-bond donors (Lipinski definition) is 0. The number of fused-ring (bicyclic) bond motifs is 1. The van der Waals surface area contributed by atoms with Crippen molar-refractivity contribution in [3.05, 3.63) is 46.1 Å². The molecular formula is C19H23N5O3. The Morgan fingerprint density at radius 3 is 2.56 bits per heavy atom. The maximum atomic E-state index is 13.0. The number of likely N-dealkylation sites (tertiary alicyclic amines) is 1.